The molecule has 0 aliphatic carbocycles. The summed E-state index contributed by atoms with van der Waals surface area (Å²) in [5.41, 5.74) is 1.33. The summed E-state index contributed by atoms with van der Waals surface area (Å²) in [7, 11) is 0. The zero-order valence-corrected chi connectivity index (χ0v) is 14.9. The second kappa shape index (κ2) is 7.70. The van der Waals surface area contributed by atoms with E-state index in [1.807, 2.05) is 24.3 Å². The molecule has 2 rings (SSSR count). The van der Waals surface area contributed by atoms with E-state index in [4.69, 9.17) is 9.47 Å². The minimum atomic E-state index is -1.05. The highest BCUT2D eigenvalue weighted by molar-refractivity contribution is 5.81. The molecule has 6 heteroatoms. The number of nitrogens with zero attached hydrogens (tertiary/aromatic N) is 1. The van der Waals surface area contributed by atoms with Gasteiger partial charge in [0.2, 0.25) is 0 Å². The Morgan fingerprint density at radius 3 is 2.48 bits per heavy atom. The number of hydrogen-bond donors (Lipinski definition) is 1. The molecular weight excluding hydrogens is 322 g/mol. The molecule has 0 unspecified atom stereocenters. The summed E-state index contributed by atoms with van der Waals surface area (Å²) < 4.78 is 11.1. The standard InChI is InChI=1S/C19H25NO5/c1-5-13-6-8-14(9-7-13)12-24-15-10-16(17(21)22)20(11-15)18(23)25-19(2,3)4/h5-9,15-16H,1,10-12H2,2-4H3,(H,21,22)/t15-,16+/m1/s1. The molecule has 1 fully saturated rings. The number of carbonyl (C=O) groups excluding carboxylic acids is 1. The molecule has 1 aliphatic heterocycles. The molecule has 1 N–H and O–H groups in total. The molecule has 1 aromatic rings. The smallest absolute Gasteiger partial charge is 0.411 e. The first kappa shape index (κ1) is 19.0. The first-order chi connectivity index (χ1) is 11.7. The van der Waals surface area contributed by atoms with Crippen LogP contribution in [0, 0.1) is 0 Å². The molecule has 1 aromatic carbocycles. The maximum Gasteiger partial charge on any atom is 0.411 e. The van der Waals surface area contributed by atoms with Gasteiger partial charge in [0, 0.05) is 6.42 Å². The second-order valence-electron chi connectivity index (χ2n) is 7.10. The average Bonchev–Trinajstić information content (AvgIpc) is 2.96. The Morgan fingerprint density at radius 2 is 1.96 bits per heavy atom. The molecule has 0 saturated carbocycles. The van der Waals surface area contributed by atoms with Gasteiger partial charge in [-0.1, -0.05) is 36.9 Å². The monoisotopic (exact) mass is 347 g/mol. The van der Waals surface area contributed by atoms with Crippen molar-refractivity contribution in [1.29, 1.82) is 0 Å². The van der Waals surface area contributed by atoms with Gasteiger partial charge in [0.15, 0.2) is 0 Å². The molecular formula is C19H25NO5. The Labute approximate surface area is 148 Å². The number of likely N-dealkylation sites (tertiary alicyclic amines) is 1. The van der Waals surface area contributed by atoms with E-state index in [9.17, 15) is 14.7 Å². The lowest BCUT2D eigenvalue weighted by molar-refractivity contribution is -0.142. The Hall–Kier alpha value is -2.34. The Bertz CT molecular complexity index is 632. The third-order valence-electron chi connectivity index (χ3n) is 3.88. The number of aliphatic carboxylic acids is 1. The topological polar surface area (TPSA) is 76.1 Å². The Balaban J connectivity index is 1.97. The lowest BCUT2D eigenvalue weighted by Crippen LogP contribution is -2.43. The number of hydrogen-bond acceptors (Lipinski definition) is 4. The van der Waals surface area contributed by atoms with Gasteiger partial charge in [-0.3, -0.25) is 4.90 Å². The van der Waals surface area contributed by atoms with Gasteiger partial charge in [0.25, 0.3) is 0 Å². The van der Waals surface area contributed by atoms with Crippen LogP contribution in [0.15, 0.2) is 30.8 Å². The summed E-state index contributed by atoms with van der Waals surface area (Å²) in [6.07, 6.45) is 1.05. The van der Waals surface area contributed by atoms with E-state index in [1.165, 1.54) is 4.90 Å². The SMILES string of the molecule is C=Cc1ccc(CO[C@@H]2C[C@@H](C(=O)O)N(C(=O)OC(C)(C)C)C2)cc1. The third-order valence-corrected chi connectivity index (χ3v) is 3.88. The fraction of sp³-hybridized carbons (Fsp3) is 0.474. The highest BCUT2D eigenvalue weighted by Crippen LogP contribution is 2.24. The number of carboxylic acids is 1. The molecule has 1 heterocycles. The Kier molecular flexibility index (Phi) is 5.85. The Morgan fingerprint density at radius 1 is 1.32 bits per heavy atom. The van der Waals surface area contributed by atoms with E-state index in [-0.39, 0.29) is 19.1 Å². The number of carboxylic acid groups (broad SMARTS) is 1. The van der Waals surface area contributed by atoms with Gasteiger partial charge in [0.05, 0.1) is 19.3 Å². The van der Waals surface area contributed by atoms with Gasteiger partial charge in [-0.2, -0.15) is 0 Å². The molecule has 1 aliphatic rings. The van der Waals surface area contributed by atoms with Crippen LogP contribution in [-0.4, -0.2) is 46.4 Å². The predicted molar refractivity (Wildman–Crippen MR) is 94.1 cm³/mol. The van der Waals surface area contributed by atoms with Gasteiger partial charge >= 0.3 is 12.1 Å². The highest BCUT2D eigenvalue weighted by Gasteiger charge is 2.42. The predicted octanol–water partition coefficient (Wildman–Crippen LogP) is 3.31. The summed E-state index contributed by atoms with van der Waals surface area (Å²) in [6, 6.07) is 6.82. The first-order valence-corrected chi connectivity index (χ1v) is 8.25. The molecule has 1 amide bonds. The molecule has 25 heavy (non-hydrogen) atoms. The van der Waals surface area contributed by atoms with Gasteiger partial charge < -0.3 is 14.6 Å². The van der Waals surface area contributed by atoms with Crippen LogP contribution in [0.5, 0.6) is 0 Å². The van der Waals surface area contributed by atoms with Crippen LogP contribution in [0.25, 0.3) is 6.08 Å². The van der Waals surface area contributed by atoms with E-state index < -0.39 is 23.7 Å². The fourth-order valence-corrected chi connectivity index (χ4v) is 2.64. The first-order valence-electron chi connectivity index (χ1n) is 8.25. The average molecular weight is 347 g/mol. The molecule has 1 saturated heterocycles. The van der Waals surface area contributed by atoms with E-state index in [2.05, 4.69) is 6.58 Å². The summed E-state index contributed by atoms with van der Waals surface area (Å²) in [5.74, 6) is -1.05. The van der Waals surface area contributed by atoms with E-state index >= 15 is 0 Å². The minimum Gasteiger partial charge on any atom is -0.480 e. The van der Waals surface area contributed by atoms with Crippen LogP contribution in [0.1, 0.15) is 38.3 Å². The van der Waals surface area contributed by atoms with Gasteiger partial charge in [0.1, 0.15) is 11.6 Å². The van der Waals surface area contributed by atoms with Gasteiger partial charge in [-0.05, 0) is 31.9 Å². The van der Waals surface area contributed by atoms with Crippen molar-refractivity contribution in [2.45, 2.75) is 51.5 Å². The molecule has 0 spiro atoms. The van der Waals surface area contributed by atoms with Crippen LogP contribution in [-0.2, 0) is 20.9 Å². The van der Waals surface area contributed by atoms with Gasteiger partial charge in [-0.15, -0.1) is 0 Å². The van der Waals surface area contributed by atoms with Crippen molar-refractivity contribution >= 4 is 18.1 Å². The normalized spacial score (nSPS) is 20.4. The number of rotatable bonds is 5. The third kappa shape index (κ3) is 5.32. The summed E-state index contributed by atoms with van der Waals surface area (Å²) in [4.78, 5) is 24.9. The summed E-state index contributed by atoms with van der Waals surface area (Å²) >= 11 is 0. The van der Waals surface area contributed by atoms with Crippen LogP contribution in [0.3, 0.4) is 0 Å². The molecule has 6 nitrogen and oxygen atoms in total. The highest BCUT2D eigenvalue weighted by atomic mass is 16.6. The van der Waals surface area contributed by atoms with Crippen LogP contribution in [0.4, 0.5) is 4.79 Å². The van der Waals surface area contributed by atoms with Crippen molar-refractivity contribution in [3.05, 3.63) is 42.0 Å². The van der Waals surface area contributed by atoms with Crippen molar-refractivity contribution in [3.63, 3.8) is 0 Å². The number of ether oxygens (including phenoxy) is 2. The molecule has 2 atom stereocenters. The van der Waals surface area contributed by atoms with Crippen LogP contribution in [0.2, 0.25) is 0 Å². The van der Waals surface area contributed by atoms with Gasteiger partial charge in [-0.25, -0.2) is 9.59 Å². The zero-order chi connectivity index (χ0) is 18.6. The quantitative estimate of drug-likeness (QED) is 0.884. The van der Waals surface area contributed by atoms with Crippen molar-refractivity contribution in [1.82, 2.24) is 4.90 Å². The summed E-state index contributed by atoms with van der Waals surface area (Å²) in [5, 5.41) is 9.38. The zero-order valence-electron chi connectivity index (χ0n) is 14.9. The number of amides is 1. The molecule has 0 bridgehead atoms. The van der Waals surface area contributed by atoms with Crippen LogP contribution < -0.4 is 0 Å². The minimum absolute atomic E-state index is 0.205. The van der Waals surface area contributed by atoms with E-state index in [1.54, 1.807) is 26.8 Å². The van der Waals surface area contributed by atoms with Crippen LogP contribution >= 0.6 is 0 Å². The van der Waals surface area contributed by atoms with Crippen molar-refractivity contribution in [2.24, 2.45) is 0 Å². The second-order valence-corrected chi connectivity index (χ2v) is 7.10. The van der Waals surface area contributed by atoms with Crippen molar-refractivity contribution in [2.75, 3.05) is 6.54 Å². The largest absolute Gasteiger partial charge is 0.480 e. The number of benzene rings is 1. The van der Waals surface area contributed by atoms with E-state index in [0.717, 1.165) is 11.1 Å². The van der Waals surface area contributed by atoms with E-state index in [0.29, 0.717) is 6.61 Å². The maximum absolute atomic E-state index is 12.2. The fourth-order valence-electron chi connectivity index (χ4n) is 2.64. The van der Waals surface area contributed by atoms with Crippen molar-refractivity contribution < 1.29 is 24.2 Å². The maximum atomic E-state index is 12.2. The van der Waals surface area contributed by atoms with Crippen molar-refractivity contribution in [3.8, 4) is 0 Å². The lowest BCUT2D eigenvalue weighted by Gasteiger charge is -2.26. The summed E-state index contributed by atoms with van der Waals surface area (Å²) in [6.45, 7) is 9.51. The molecule has 0 radical (unpaired) electrons. The number of carbonyl (C=O) groups is 2. The lowest BCUT2D eigenvalue weighted by atomic mass is 10.1. The molecule has 136 valence electrons. The molecule has 0 aromatic heterocycles.